The molecule has 0 spiro atoms. The zero-order chi connectivity index (χ0) is 12.3. The summed E-state index contributed by atoms with van der Waals surface area (Å²) in [6.45, 7) is 2.00. The van der Waals surface area contributed by atoms with Crippen molar-refractivity contribution < 1.29 is 5.11 Å². The van der Waals surface area contributed by atoms with Gasteiger partial charge in [-0.3, -0.25) is 0 Å². The van der Waals surface area contributed by atoms with Crippen LogP contribution >= 0.6 is 0 Å². The van der Waals surface area contributed by atoms with Gasteiger partial charge in [-0.2, -0.15) is 0 Å². The lowest BCUT2D eigenvalue weighted by Crippen LogP contribution is -2.18. The Labute approximate surface area is 107 Å². The summed E-state index contributed by atoms with van der Waals surface area (Å²) in [5.41, 5.74) is 0. The molecule has 0 bridgehead atoms. The van der Waals surface area contributed by atoms with E-state index in [1.54, 1.807) is 0 Å². The van der Waals surface area contributed by atoms with Crippen LogP contribution in [-0.2, 0) is 0 Å². The number of aliphatic hydroxyl groups excluding tert-OH is 1. The summed E-state index contributed by atoms with van der Waals surface area (Å²) in [6, 6.07) is 0. The van der Waals surface area contributed by atoms with Crippen molar-refractivity contribution in [1.29, 1.82) is 0 Å². The molecule has 0 aromatic carbocycles. The Kier molecular flexibility index (Phi) is 8.42. The maximum Gasteiger partial charge on any atom is 0.0748 e. The third-order valence-electron chi connectivity index (χ3n) is 4.02. The average molecular weight is 238 g/mol. The fourth-order valence-electron chi connectivity index (χ4n) is 2.89. The van der Waals surface area contributed by atoms with Gasteiger partial charge in [0, 0.05) is 0 Å². The summed E-state index contributed by atoms with van der Waals surface area (Å²) < 4.78 is 0. The van der Waals surface area contributed by atoms with Crippen molar-refractivity contribution >= 4 is 0 Å². The van der Waals surface area contributed by atoms with E-state index in [1.165, 1.54) is 70.6 Å². The molecular formula is C16H30O. The van der Waals surface area contributed by atoms with E-state index in [0.29, 0.717) is 5.92 Å². The molecule has 0 heterocycles. The van der Waals surface area contributed by atoms with Crippen LogP contribution in [0.25, 0.3) is 0 Å². The predicted molar refractivity (Wildman–Crippen MR) is 75.1 cm³/mol. The second-order valence-electron chi connectivity index (χ2n) is 5.54. The molecule has 0 aromatic heterocycles. The van der Waals surface area contributed by atoms with Crippen LogP contribution in [0.4, 0.5) is 0 Å². The fourth-order valence-corrected chi connectivity index (χ4v) is 2.89. The van der Waals surface area contributed by atoms with Gasteiger partial charge >= 0.3 is 0 Å². The second-order valence-corrected chi connectivity index (χ2v) is 5.54. The summed E-state index contributed by atoms with van der Waals surface area (Å²) in [4.78, 5) is 0. The van der Waals surface area contributed by atoms with Crippen molar-refractivity contribution in [2.75, 3.05) is 0 Å². The fraction of sp³-hybridized carbons (Fsp3) is 0.875. The van der Waals surface area contributed by atoms with Crippen molar-refractivity contribution in [1.82, 2.24) is 0 Å². The normalized spacial score (nSPS) is 24.1. The molecule has 0 saturated heterocycles. The Morgan fingerprint density at radius 3 is 1.65 bits per heavy atom. The van der Waals surface area contributed by atoms with E-state index in [4.69, 9.17) is 0 Å². The van der Waals surface area contributed by atoms with E-state index >= 15 is 0 Å². The van der Waals surface area contributed by atoms with E-state index in [-0.39, 0.29) is 6.10 Å². The smallest absolute Gasteiger partial charge is 0.0748 e. The van der Waals surface area contributed by atoms with Crippen LogP contribution in [0.5, 0.6) is 0 Å². The highest BCUT2D eigenvalue weighted by molar-refractivity contribution is 4.89. The summed E-state index contributed by atoms with van der Waals surface area (Å²) >= 11 is 0. The molecular weight excluding hydrogens is 208 g/mol. The molecule has 1 aliphatic carbocycles. The van der Waals surface area contributed by atoms with Crippen molar-refractivity contribution in [3.8, 4) is 0 Å². The predicted octanol–water partition coefficient (Wildman–Crippen LogP) is 4.84. The zero-order valence-corrected chi connectivity index (χ0v) is 11.5. The van der Waals surface area contributed by atoms with Gasteiger partial charge < -0.3 is 5.11 Å². The van der Waals surface area contributed by atoms with Gasteiger partial charge in [0.1, 0.15) is 0 Å². The molecule has 0 radical (unpaired) electrons. The van der Waals surface area contributed by atoms with E-state index < -0.39 is 0 Å². The Morgan fingerprint density at radius 1 is 0.824 bits per heavy atom. The molecule has 17 heavy (non-hydrogen) atoms. The van der Waals surface area contributed by atoms with Gasteiger partial charge in [0.15, 0.2) is 0 Å². The van der Waals surface area contributed by atoms with Gasteiger partial charge in [0.25, 0.3) is 0 Å². The van der Waals surface area contributed by atoms with Crippen LogP contribution in [-0.4, -0.2) is 11.2 Å². The van der Waals surface area contributed by atoms with E-state index in [1.807, 2.05) is 19.1 Å². The van der Waals surface area contributed by atoms with Gasteiger partial charge in [0.05, 0.1) is 6.10 Å². The summed E-state index contributed by atoms with van der Waals surface area (Å²) in [5.74, 6) is 0.505. The first kappa shape index (κ1) is 14.8. The highest BCUT2D eigenvalue weighted by atomic mass is 16.3. The van der Waals surface area contributed by atoms with Crippen LogP contribution in [0, 0.1) is 5.92 Å². The van der Waals surface area contributed by atoms with Crippen molar-refractivity contribution in [3.63, 3.8) is 0 Å². The van der Waals surface area contributed by atoms with Gasteiger partial charge in [-0.05, 0) is 25.7 Å². The molecule has 1 rings (SSSR count). The minimum atomic E-state index is -0.206. The summed E-state index contributed by atoms with van der Waals surface area (Å²) in [6.07, 6.45) is 18.6. The first-order valence-electron chi connectivity index (χ1n) is 7.65. The van der Waals surface area contributed by atoms with Crippen LogP contribution in [0.1, 0.15) is 77.6 Å². The molecule has 1 fully saturated rings. The maximum absolute atomic E-state index is 10.1. The van der Waals surface area contributed by atoms with Crippen LogP contribution in [0.2, 0.25) is 0 Å². The molecule has 0 amide bonds. The van der Waals surface area contributed by atoms with Gasteiger partial charge in [-0.1, -0.05) is 69.9 Å². The van der Waals surface area contributed by atoms with Crippen LogP contribution in [0.15, 0.2) is 12.2 Å². The van der Waals surface area contributed by atoms with Gasteiger partial charge in [-0.15, -0.1) is 0 Å². The third kappa shape index (κ3) is 6.88. The molecule has 1 N–H and O–H groups in total. The molecule has 1 saturated carbocycles. The number of hydrogen-bond acceptors (Lipinski definition) is 1. The first-order chi connectivity index (χ1) is 8.34. The minimum absolute atomic E-state index is 0.206. The summed E-state index contributed by atoms with van der Waals surface area (Å²) in [5, 5.41) is 10.1. The quantitative estimate of drug-likeness (QED) is 0.682. The second kappa shape index (κ2) is 9.70. The monoisotopic (exact) mass is 238 g/mol. The molecule has 1 nitrogen and oxygen atoms in total. The highest BCUT2D eigenvalue weighted by Crippen LogP contribution is 2.24. The molecule has 0 aliphatic heterocycles. The summed E-state index contributed by atoms with van der Waals surface area (Å²) in [7, 11) is 0. The molecule has 1 atom stereocenters. The van der Waals surface area contributed by atoms with E-state index in [0.717, 1.165) is 0 Å². The molecule has 1 unspecified atom stereocenters. The van der Waals surface area contributed by atoms with E-state index in [2.05, 4.69) is 0 Å². The Bertz CT molecular complexity index is 186. The number of hydrogen-bond donors (Lipinski definition) is 1. The lowest BCUT2D eigenvalue weighted by molar-refractivity contribution is 0.135. The highest BCUT2D eigenvalue weighted by Gasteiger charge is 2.16. The molecule has 0 aromatic rings. The number of allylic oxidation sites excluding steroid dienone is 1. The standard InChI is InChI=1S/C16H30O/c1-2-12-16(17)15-13-10-8-6-4-3-5-7-9-11-14-15/h2,12,15-17H,3-11,13-14H2,1H3. The molecule has 100 valence electrons. The maximum atomic E-state index is 10.1. The Balaban J connectivity index is 2.36. The van der Waals surface area contributed by atoms with Crippen LogP contribution < -0.4 is 0 Å². The molecule has 1 aliphatic rings. The third-order valence-corrected chi connectivity index (χ3v) is 4.02. The SMILES string of the molecule is CC=CC(O)C1CCCCCCCCCCC1. The topological polar surface area (TPSA) is 20.2 Å². The Morgan fingerprint density at radius 2 is 1.24 bits per heavy atom. The van der Waals surface area contributed by atoms with Crippen molar-refractivity contribution in [2.45, 2.75) is 83.7 Å². The van der Waals surface area contributed by atoms with Crippen LogP contribution in [0.3, 0.4) is 0 Å². The minimum Gasteiger partial charge on any atom is -0.389 e. The zero-order valence-electron chi connectivity index (χ0n) is 11.5. The first-order valence-corrected chi connectivity index (χ1v) is 7.65. The van der Waals surface area contributed by atoms with Crippen molar-refractivity contribution in [2.24, 2.45) is 5.92 Å². The van der Waals surface area contributed by atoms with Gasteiger partial charge in [0.2, 0.25) is 0 Å². The lowest BCUT2D eigenvalue weighted by atomic mass is 9.88. The number of aliphatic hydroxyl groups is 1. The van der Waals surface area contributed by atoms with Crippen molar-refractivity contribution in [3.05, 3.63) is 12.2 Å². The van der Waals surface area contributed by atoms with E-state index in [9.17, 15) is 5.11 Å². The Hall–Kier alpha value is -0.300. The largest absolute Gasteiger partial charge is 0.389 e. The lowest BCUT2D eigenvalue weighted by Gasteiger charge is -2.21. The molecule has 1 heteroatoms. The number of rotatable bonds is 2. The average Bonchev–Trinajstić information content (AvgIpc) is 2.30. The van der Waals surface area contributed by atoms with Gasteiger partial charge in [-0.25, -0.2) is 0 Å².